The lowest BCUT2D eigenvalue weighted by atomic mass is 10.1. The molecule has 0 radical (unpaired) electrons. The standard InChI is InChI=1S/C15H23N3O3/c1-20-13-6-8-18(9-7-13)10-11-21-14-4-2-12(3-5-14)15(16)17-19/h2-5,13,19H,6-11H2,1H3,(H2,16,17). The van der Waals surface area contributed by atoms with E-state index in [1.807, 2.05) is 12.1 Å². The lowest BCUT2D eigenvalue weighted by molar-refractivity contribution is 0.0375. The molecule has 0 bridgehead atoms. The van der Waals surface area contributed by atoms with Gasteiger partial charge in [-0.15, -0.1) is 0 Å². The zero-order valence-electron chi connectivity index (χ0n) is 12.4. The second-order valence-electron chi connectivity index (χ2n) is 5.13. The van der Waals surface area contributed by atoms with Crippen LogP contribution in [0.1, 0.15) is 18.4 Å². The number of nitrogens with zero attached hydrogens (tertiary/aromatic N) is 2. The predicted molar refractivity (Wildman–Crippen MR) is 80.9 cm³/mol. The minimum atomic E-state index is 0.0996. The number of likely N-dealkylation sites (tertiary alicyclic amines) is 1. The van der Waals surface area contributed by atoms with Crippen molar-refractivity contribution in [2.75, 3.05) is 33.4 Å². The summed E-state index contributed by atoms with van der Waals surface area (Å²) >= 11 is 0. The molecule has 21 heavy (non-hydrogen) atoms. The first kappa shape index (κ1) is 15.6. The van der Waals surface area contributed by atoms with E-state index >= 15 is 0 Å². The molecule has 1 heterocycles. The topological polar surface area (TPSA) is 80.3 Å². The molecule has 1 aromatic rings. The molecule has 116 valence electrons. The Kier molecular flexibility index (Phi) is 5.83. The van der Waals surface area contributed by atoms with Crippen molar-refractivity contribution in [2.45, 2.75) is 18.9 Å². The van der Waals surface area contributed by atoms with Gasteiger partial charge in [0.05, 0.1) is 6.10 Å². The van der Waals surface area contributed by atoms with Gasteiger partial charge < -0.3 is 20.4 Å². The van der Waals surface area contributed by atoms with Crippen molar-refractivity contribution in [3.8, 4) is 5.75 Å². The zero-order chi connectivity index (χ0) is 15.1. The van der Waals surface area contributed by atoms with Crippen LogP contribution >= 0.6 is 0 Å². The maximum Gasteiger partial charge on any atom is 0.170 e. The van der Waals surface area contributed by atoms with Crippen molar-refractivity contribution in [3.05, 3.63) is 29.8 Å². The van der Waals surface area contributed by atoms with Crippen LogP contribution in [0.4, 0.5) is 0 Å². The summed E-state index contributed by atoms with van der Waals surface area (Å²) in [6, 6.07) is 7.19. The van der Waals surface area contributed by atoms with Crippen molar-refractivity contribution >= 4 is 5.84 Å². The number of rotatable bonds is 6. The molecular weight excluding hydrogens is 270 g/mol. The van der Waals surface area contributed by atoms with Crippen LogP contribution in [0.15, 0.2) is 29.4 Å². The van der Waals surface area contributed by atoms with Crippen LogP contribution in [0.3, 0.4) is 0 Å². The van der Waals surface area contributed by atoms with Gasteiger partial charge in [0.2, 0.25) is 0 Å². The number of hydrogen-bond donors (Lipinski definition) is 2. The summed E-state index contributed by atoms with van der Waals surface area (Å²) in [6.07, 6.45) is 2.59. The Morgan fingerprint density at radius 1 is 1.33 bits per heavy atom. The molecule has 3 N–H and O–H groups in total. The molecule has 0 spiro atoms. The average molecular weight is 293 g/mol. The Bertz CT molecular complexity index is 454. The van der Waals surface area contributed by atoms with E-state index in [-0.39, 0.29) is 5.84 Å². The molecule has 0 amide bonds. The van der Waals surface area contributed by atoms with Gasteiger partial charge in [-0.2, -0.15) is 0 Å². The smallest absolute Gasteiger partial charge is 0.170 e. The molecule has 0 saturated carbocycles. The van der Waals surface area contributed by atoms with E-state index in [1.54, 1.807) is 19.2 Å². The molecule has 1 aliphatic rings. The van der Waals surface area contributed by atoms with Crippen LogP contribution in [-0.2, 0) is 4.74 Å². The SMILES string of the molecule is COC1CCN(CCOc2ccc(C(N)=NO)cc2)CC1. The number of nitrogens with two attached hydrogens (primary N) is 1. The summed E-state index contributed by atoms with van der Waals surface area (Å²) in [6.45, 7) is 3.69. The molecule has 1 saturated heterocycles. The molecule has 0 unspecified atom stereocenters. The van der Waals surface area contributed by atoms with E-state index in [2.05, 4.69) is 10.1 Å². The van der Waals surface area contributed by atoms with Crippen LogP contribution in [0.5, 0.6) is 5.75 Å². The maximum absolute atomic E-state index is 8.60. The highest BCUT2D eigenvalue weighted by Gasteiger charge is 2.18. The van der Waals surface area contributed by atoms with Crippen LogP contribution in [0, 0.1) is 0 Å². The first-order valence-corrected chi connectivity index (χ1v) is 7.19. The molecule has 0 atom stereocenters. The second kappa shape index (κ2) is 7.85. The highest BCUT2D eigenvalue weighted by molar-refractivity contribution is 5.97. The third-order valence-electron chi connectivity index (χ3n) is 3.80. The molecular formula is C15H23N3O3. The van der Waals surface area contributed by atoms with E-state index < -0.39 is 0 Å². The number of methoxy groups -OCH3 is 1. The van der Waals surface area contributed by atoms with Gasteiger partial charge in [-0.05, 0) is 37.1 Å². The lowest BCUT2D eigenvalue weighted by Gasteiger charge is -2.30. The van der Waals surface area contributed by atoms with Crippen LogP contribution in [0.25, 0.3) is 0 Å². The molecule has 2 rings (SSSR count). The van der Waals surface area contributed by atoms with Crippen LogP contribution in [-0.4, -0.2) is 55.4 Å². The molecule has 1 aromatic carbocycles. The normalized spacial score (nSPS) is 17.9. The summed E-state index contributed by atoms with van der Waals surface area (Å²) < 4.78 is 11.1. The van der Waals surface area contributed by atoms with Gasteiger partial charge in [0.15, 0.2) is 5.84 Å². The predicted octanol–water partition coefficient (Wildman–Crippen LogP) is 1.27. The Morgan fingerprint density at radius 2 is 2.00 bits per heavy atom. The number of amidine groups is 1. The van der Waals surface area contributed by atoms with Gasteiger partial charge in [-0.1, -0.05) is 5.16 Å². The highest BCUT2D eigenvalue weighted by Crippen LogP contribution is 2.14. The van der Waals surface area contributed by atoms with Crippen molar-refractivity contribution < 1.29 is 14.7 Å². The minimum absolute atomic E-state index is 0.0996. The third kappa shape index (κ3) is 4.61. The van der Waals surface area contributed by atoms with Crippen molar-refractivity contribution in [3.63, 3.8) is 0 Å². The van der Waals surface area contributed by atoms with Gasteiger partial charge in [0.1, 0.15) is 12.4 Å². The van der Waals surface area contributed by atoms with Gasteiger partial charge in [0, 0.05) is 32.3 Å². The van der Waals surface area contributed by atoms with Crippen molar-refractivity contribution in [1.29, 1.82) is 0 Å². The lowest BCUT2D eigenvalue weighted by Crippen LogP contribution is -2.38. The fourth-order valence-corrected chi connectivity index (χ4v) is 2.44. The van der Waals surface area contributed by atoms with Gasteiger partial charge in [-0.3, -0.25) is 4.90 Å². The Hall–Kier alpha value is -1.79. The molecule has 1 aliphatic heterocycles. The zero-order valence-corrected chi connectivity index (χ0v) is 12.4. The fourth-order valence-electron chi connectivity index (χ4n) is 2.44. The molecule has 1 fully saturated rings. The summed E-state index contributed by atoms with van der Waals surface area (Å²) in [5, 5.41) is 11.6. The average Bonchev–Trinajstić information content (AvgIpc) is 2.55. The largest absolute Gasteiger partial charge is 0.492 e. The second-order valence-corrected chi connectivity index (χ2v) is 5.13. The first-order valence-electron chi connectivity index (χ1n) is 7.19. The Labute approximate surface area is 125 Å². The van der Waals surface area contributed by atoms with Gasteiger partial charge >= 0.3 is 0 Å². The fraction of sp³-hybridized carbons (Fsp3) is 0.533. The molecule has 6 heteroatoms. The summed E-state index contributed by atoms with van der Waals surface area (Å²) in [4.78, 5) is 2.39. The summed E-state index contributed by atoms with van der Waals surface area (Å²) in [5.41, 5.74) is 6.18. The van der Waals surface area contributed by atoms with E-state index in [4.69, 9.17) is 20.4 Å². The monoisotopic (exact) mass is 293 g/mol. The summed E-state index contributed by atoms with van der Waals surface area (Å²) in [7, 11) is 1.78. The quantitative estimate of drug-likeness (QED) is 0.357. The van der Waals surface area contributed by atoms with Crippen LogP contribution in [0.2, 0.25) is 0 Å². The highest BCUT2D eigenvalue weighted by atomic mass is 16.5. The summed E-state index contributed by atoms with van der Waals surface area (Å²) in [5.74, 6) is 0.888. The maximum atomic E-state index is 8.60. The third-order valence-corrected chi connectivity index (χ3v) is 3.80. The number of oxime groups is 1. The molecule has 6 nitrogen and oxygen atoms in total. The van der Waals surface area contributed by atoms with E-state index in [9.17, 15) is 0 Å². The van der Waals surface area contributed by atoms with E-state index in [1.165, 1.54) is 0 Å². The number of hydrogen-bond acceptors (Lipinski definition) is 5. The number of ether oxygens (including phenoxy) is 2. The van der Waals surface area contributed by atoms with Gasteiger partial charge in [-0.25, -0.2) is 0 Å². The molecule has 0 aliphatic carbocycles. The van der Waals surface area contributed by atoms with E-state index in [0.29, 0.717) is 18.3 Å². The van der Waals surface area contributed by atoms with Gasteiger partial charge in [0.25, 0.3) is 0 Å². The van der Waals surface area contributed by atoms with Crippen molar-refractivity contribution in [2.24, 2.45) is 10.9 Å². The van der Waals surface area contributed by atoms with Crippen molar-refractivity contribution in [1.82, 2.24) is 4.90 Å². The number of benzene rings is 1. The minimum Gasteiger partial charge on any atom is -0.492 e. The Balaban J connectivity index is 1.71. The molecule has 0 aromatic heterocycles. The van der Waals surface area contributed by atoms with Crippen LogP contribution < -0.4 is 10.5 Å². The van der Waals surface area contributed by atoms with E-state index in [0.717, 1.165) is 38.2 Å². The Morgan fingerprint density at radius 3 is 2.57 bits per heavy atom. The number of piperidine rings is 1. The first-order chi connectivity index (χ1) is 10.2.